The Morgan fingerprint density at radius 3 is 2.67 bits per heavy atom. The number of hydrazine groups is 1. The van der Waals surface area contributed by atoms with Crippen molar-refractivity contribution in [2.24, 2.45) is 5.73 Å². The van der Waals surface area contributed by atoms with E-state index in [1.54, 1.807) is 0 Å². The molecule has 24 heavy (non-hydrogen) atoms. The molecule has 13 heteroatoms. The van der Waals surface area contributed by atoms with E-state index in [1.165, 1.54) is 0 Å². The summed E-state index contributed by atoms with van der Waals surface area (Å²) in [6.07, 6.45) is 1.19. The summed E-state index contributed by atoms with van der Waals surface area (Å²) in [6.45, 7) is 0.421. The number of hydrogen-bond acceptors (Lipinski definition) is 7. The Hall–Kier alpha value is -1.96. The minimum absolute atomic E-state index is 0.0769. The number of nitrogens with one attached hydrogen (secondary N) is 2. The average Bonchev–Trinajstić information content (AvgIpc) is 2.74. The fraction of sp³-hybridized carbons (Fsp3) is 0.727. The van der Waals surface area contributed by atoms with Crippen molar-refractivity contribution in [3.8, 4) is 0 Å². The van der Waals surface area contributed by atoms with Crippen LogP contribution in [0.2, 0.25) is 0 Å². The van der Waals surface area contributed by atoms with Crippen LogP contribution < -0.4 is 16.6 Å². The van der Waals surface area contributed by atoms with Crippen LogP contribution in [-0.2, 0) is 24.3 Å². The van der Waals surface area contributed by atoms with Crippen LogP contribution in [0.5, 0.6) is 0 Å². The highest BCUT2D eigenvalue weighted by Crippen LogP contribution is 2.30. The lowest BCUT2D eigenvalue weighted by Gasteiger charge is -2.29. The molecular weight excluding hydrogens is 346 g/mol. The number of nitrogens with two attached hydrogens (primary N) is 1. The third-order valence-corrected chi connectivity index (χ3v) is 4.08. The number of carbonyl (C=O) groups excluding carboxylic acids is 3. The molecule has 0 spiro atoms. The lowest BCUT2D eigenvalue weighted by molar-refractivity contribution is -0.132. The van der Waals surface area contributed by atoms with E-state index >= 15 is 0 Å². The summed E-state index contributed by atoms with van der Waals surface area (Å²) in [5.74, 6) is -1.01. The molecule has 5 N–H and O–H groups in total. The summed E-state index contributed by atoms with van der Waals surface area (Å²) in [5.41, 5.74) is 9.73. The van der Waals surface area contributed by atoms with Crippen molar-refractivity contribution < 1.29 is 31.6 Å². The van der Waals surface area contributed by atoms with Gasteiger partial charge in [-0.05, 0) is 25.8 Å². The van der Waals surface area contributed by atoms with E-state index in [0.29, 0.717) is 24.4 Å². The summed E-state index contributed by atoms with van der Waals surface area (Å²) >= 11 is 0. The molecule has 2 saturated heterocycles. The van der Waals surface area contributed by atoms with Crippen LogP contribution in [0.4, 0.5) is 4.79 Å². The zero-order valence-corrected chi connectivity index (χ0v) is 13.5. The second kappa shape index (κ2) is 7.29. The second-order valence-corrected chi connectivity index (χ2v) is 6.44. The van der Waals surface area contributed by atoms with E-state index in [4.69, 9.17) is 10.3 Å². The van der Waals surface area contributed by atoms with Crippen LogP contribution in [0.25, 0.3) is 0 Å². The Balaban J connectivity index is 1.93. The molecule has 136 valence electrons. The highest BCUT2D eigenvalue weighted by molar-refractivity contribution is 7.80. The van der Waals surface area contributed by atoms with Crippen molar-refractivity contribution in [2.45, 2.75) is 37.8 Å². The lowest BCUT2D eigenvalue weighted by Crippen LogP contribution is -2.54. The topological polar surface area (TPSA) is 171 Å². The van der Waals surface area contributed by atoms with Gasteiger partial charge in [0.05, 0.1) is 6.04 Å². The first-order valence-corrected chi connectivity index (χ1v) is 8.65. The molecule has 2 fully saturated rings. The molecule has 0 aromatic rings. The van der Waals surface area contributed by atoms with Gasteiger partial charge in [0.2, 0.25) is 5.91 Å². The molecule has 0 aliphatic carbocycles. The van der Waals surface area contributed by atoms with E-state index in [1.807, 2.05) is 0 Å². The number of piperidine rings is 1. The summed E-state index contributed by atoms with van der Waals surface area (Å²) in [5, 5.41) is 0.544. The van der Waals surface area contributed by atoms with Crippen molar-refractivity contribution >= 4 is 28.2 Å². The lowest BCUT2D eigenvalue weighted by atomic mass is 10.0. The largest absolute Gasteiger partial charge is 0.418 e. The maximum Gasteiger partial charge on any atom is 0.418 e. The van der Waals surface area contributed by atoms with E-state index in [0.717, 1.165) is 4.90 Å². The van der Waals surface area contributed by atoms with Crippen LogP contribution in [0.1, 0.15) is 25.7 Å². The zero-order valence-electron chi connectivity index (χ0n) is 12.7. The SMILES string of the molecule is NCCCC(=O)NNC(=O)C1CC[C@@H]2CN1C(=O)N2OS(=O)(=O)O. The molecule has 2 aliphatic rings. The third kappa shape index (κ3) is 4.31. The van der Waals surface area contributed by atoms with Crippen molar-refractivity contribution in [1.82, 2.24) is 20.8 Å². The molecule has 2 rings (SSSR count). The molecule has 2 bridgehead atoms. The normalized spacial score (nSPS) is 23.3. The van der Waals surface area contributed by atoms with Gasteiger partial charge in [0.1, 0.15) is 6.04 Å². The average molecular weight is 365 g/mol. The van der Waals surface area contributed by atoms with E-state index in [-0.39, 0.29) is 19.4 Å². The van der Waals surface area contributed by atoms with E-state index in [2.05, 4.69) is 15.1 Å². The molecule has 2 aliphatic heterocycles. The van der Waals surface area contributed by atoms with Crippen LogP contribution >= 0.6 is 0 Å². The second-order valence-electron chi connectivity index (χ2n) is 5.44. The van der Waals surface area contributed by atoms with Gasteiger partial charge in [-0.1, -0.05) is 0 Å². The number of nitrogens with zero attached hydrogens (tertiary/aromatic N) is 2. The molecule has 0 saturated carbocycles. The standard InChI is InChI=1S/C11H19N5O7S/c12-5-1-2-9(17)13-14-10(18)8-4-3-7-6-15(8)11(19)16(7)23-24(20,21)22/h7-8H,1-6,12H2,(H,13,17)(H,14,18)(H,20,21,22)/t7-,8?/m1/s1. The number of urea groups is 1. The number of hydrogen-bond donors (Lipinski definition) is 4. The van der Waals surface area contributed by atoms with Crippen LogP contribution in [-0.4, -0.2) is 66.0 Å². The van der Waals surface area contributed by atoms with Crippen molar-refractivity contribution in [1.29, 1.82) is 0 Å². The maximum absolute atomic E-state index is 12.1. The predicted octanol–water partition coefficient (Wildman–Crippen LogP) is -2.12. The number of carbonyl (C=O) groups is 3. The van der Waals surface area contributed by atoms with Gasteiger partial charge in [0, 0.05) is 13.0 Å². The van der Waals surface area contributed by atoms with Gasteiger partial charge in [0.15, 0.2) is 0 Å². The maximum atomic E-state index is 12.1. The third-order valence-electron chi connectivity index (χ3n) is 3.73. The van der Waals surface area contributed by atoms with Gasteiger partial charge in [-0.25, -0.2) is 4.79 Å². The summed E-state index contributed by atoms with van der Waals surface area (Å²) < 4.78 is 34.5. The van der Waals surface area contributed by atoms with Gasteiger partial charge in [-0.3, -0.25) is 25.0 Å². The van der Waals surface area contributed by atoms with Crippen LogP contribution in [0.3, 0.4) is 0 Å². The molecule has 12 nitrogen and oxygen atoms in total. The molecule has 1 unspecified atom stereocenters. The van der Waals surface area contributed by atoms with Crippen molar-refractivity contribution in [3.63, 3.8) is 0 Å². The van der Waals surface area contributed by atoms with Gasteiger partial charge in [-0.15, -0.1) is 4.28 Å². The molecule has 4 amide bonds. The quantitative estimate of drug-likeness (QED) is 0.305. The Kier molecular flexibility index (Phi) is 5.58. The summed E-state index contributed by atoms with van der Waals surface area (Å²) in [4.78, 5) is 36.8. The molecule has 0 aromatic carbocycles. The highest BCUT2D eigenvalue weighted by Gasteiger charge is 2.49. The monoisotopic (exact) mass is 365 g/mol. The number of fused-ring (bicyclic) bond motifs is 2. The Morgan fingerprint density at radius 2 is 2.04 bits per heavy atom. The molecular formula is C11H19N5O7S. The van der Waals surface area contributed by atoms with Crippen LogP contribution in [0, 0.1) is 0 Å². The summed E-state index contributed by atoms with van der Waals surface area (Å²) in [7, 11) is -4.84. The first kappa shape index (κ1) is 18.4. The minimum atomic E-state index is -4.84. The van der Waals surface area contributed by atoms with Gasteiger partial charge < -0.3 is 10.6 Å². The van der Waals surface area contributed by atoms with Gasteiger partial charge >= 0.3 is 16.4 Å². The fourth-order valence-corrected chi connectivity index (χ4v) is 3.03. The van der Waals surface area contributed by atoms with E-state index in [9.17, 15) is 22.8 Å². The highest BCUT2D eigenvalue weighted by atomic mass is 32.3. The number of hydroxylamine groups is 2. The molecule has 0 radical (unpaired) electrons. The van der Waals surface area contributed by atoms with Crippen molar-refractivity contribution in [2.75, 3.05) is 13.1 Å². The Morgan fingerprint density at radius 1 is 1.33 bits per heavy atom. The molecule has 0 aromatic heterocycles. The van der Waals surface area contributed by atoms with Gasteiger partial charge in [0.25, 0.3) is 5.91 Å². The molecule has 2 heterocycles. The zero-order chi connectivity index (χ0) is 17.9. The smallest absolute Gasteiger partial charge is 0.330 e. The Bertz CT molecular complexity index is 624. The minimum Gasteiger partial charge on any atom is -0.330 e. The molecule has 2 atom stereocenters. The summed E-state index contributed by atoms with van der Waals surface area (Å²) in [6, 6.07) is -2.30. The number of amides is 4. The Labute approximate surface area is 138 Å². The van der Waals surface area contributed by atoms with Gasteiger partial charge in [-0.2, -0.15) is 13.5 Å². The van der Waals surface area contributed by atoms with E-state index < -0.39 is 40.3 Å². The first-order chi connectivity index (χ1) is 11.2. The number of rotatable bonds is 6. The van der Waals surface area contributed by atoms with Crippen LogP contribution in [0.15, 0.2) is 0 Å². The fourth-order valence-electron chi connectivity index (χ4n) is 2.64. The first-order valence-electron chi connectivity index (χ1n) is 7.28. The van der Waals surface area contributed by atoms with Crippen molar-refractivity contribution in [3.05, 3.63) is 0 Å². The predicted molar refractivity (Wildman–Crippen MR) is 78.0 cm³/mol.